The van der Waals surface area contributed by atoms with Gasteiger partial charge in [0.1, 0.15) is 0 Å². The van der Waals surface area contributed by atoms with E-state index in [9.17, 15) is 10.1 Å². The van der Waals surface area contributed by atoms with Gasteiger partial charge in [0, 0.05) is 37.3 Å². The van der Waals surface area contributed by atoms with Crippen LogP contribution in [-0.2, 0) is 13.0 Å². The quantitative estimate of drug-likeness (QED) is 0.457. The first-order valence-electron chi connectivity index (χ1n) is 8.69. The Balaban J connectivity index is 1.64. The Bertz CT molecular complexity index is 865. The minimum Gasteiger partial charge on any atom is -0.338 e. The third-order valence-electron chi connectivity index (χ3n) is 4.17. The molecule has 0 fully saturated rings. The zero-order valence-corrected chi connectivity index (χ0v) is 14.8. The predicted molar refractivity (Wildman–Crippen MR) is 101 cm³/mol. The molecule has 8 heteroatoms. The van der Waals surface area contributed by atoms with Crippen LogP contribution in [0.3, 0.4) is 0 Å². The van der Waals surface area contributed by atoms with Crippen molar-refractivity contribution in [3.8, 4) is 11.4 Å². The first kappa shape index (κ1) is 18.7. The van der Waals surface area contributed by atoms with Gasteiger partial charge in [-0.3, -0.25) is 15.0 Å². The number of nitro groups is 1. The van der Waals surface area contributed by atoms with Crippen LogP contribution in [-0.4, -0.2) is 39.6 Å². The molecule has 0 saturated carbocycles. The summed E-state index contributed by atoms with van der Waals surface area (Å²) in [5.74, 6) is 0.903. The van der Waals surface area contributed by atoms with Gasteiger partial charge in [0.2, 0.25) is 11.7 Å². The molecule has 0 aliphatic heterocycles. The van der Waals surface area contributed by atoms with Crippen molar-refractivity contribution in [3.63, 3.8) is 0 Å². The number of aromatic nitrogens is 2. The maximum absolute atomic E-state index is 10.7. The molecular weight excluding hydrogens is 346 g/mol. The second-order valence-corrected chi connectivity index (χ2v) is 6.12. The van der Waals surface area contributed by atoms with Gasteiger partial charge in [-0.05, 0) is 24.1 Å². The molecule has 2 N–H and O–H groups in total. The molecule has 2 aromatic carbocycles. The highest BCUT2D eigenvalue weighted by Crippen LogP contribution is 2.20. The number of non-ortho nitro benzene ring substituents is 1. The lowest BCUT2D eigenvalue weighted by Crippen LogP contribution is -2.31. The molecule has 8 nitrogen and oxygen atoms in total. The standard InChI is InChI=1S/C19H21N5O3/c20-11-13-23(12-10-15-4-2-1-3-5-15)14-18-21-19(22-27-18)16-6-8-17(9-7-16)24(25)26/h1-9H,10-14,20H2. The molecule has 140 valence electrons. The lowest BCUT2D eigenvalue weighted by Gasteiger charge is -2.19. The smallest absolute Gasteiger partial charge is 0.269 e. The van der Waals surface area contributed by atoms with Crippen molar-refractivity contribution in [1.29, 1.82) is 0 Å². The molecule has 3 aromatic rings. The van der Waals surface area contributed by atoms with Crippen LogP contribution >= 0.6 is 0 Å². The number of nitrogens with zero attached hydrogens (tertiary/aromatic N) is 4. The van der Waals surface area contributed by atoms with Crippen LogP contribution in [0, 0.1) is 10.1 Å². The van der Waals surface area contributed by atoms with E-state index in [0.29, 0.717) is 30.4 Å². The SMILES string of the molecule is NCCN(CCc1ccccc1)Cc1nc(-c2ccc([N+](=O)[O-])cc2)no1. The Labute approximate surface area is 156 Å². The maximum Gasteiger partial charge on any atom is 0.269 e. The van der Waals surface area contributed by atoms with Crippen LogP contribution in [0.5, 0.6) is 0 Å². The highest BCUT2D eigenvalue weighted by Gasteiger charge is 2.14. The Kier molecular flexibility index (Phi) is 6.24. The molecule has 0 unspecified atom stereocenters. The zero-order chi connectivity index (χ0) is 19.1. The summed E-state index contributed by atoms with van der Waals surface area (Å²) in [6.45, 7) is 2.60. The van der Waals surface area contributed by atoms with E-state index in [0.717, 1.165) is 19.5 Å². The van der Waals surface area contributed by atoms with E-state index in [1.807, 2.05) is 18.2 Å². The predicted octanol–water partition coefficient (Wildman–Crippen LogP) is 2.65. The van der Waals surface area contributed by atoms with Gasteiger partial charge in [0.25, 0.3) is 5.69 Å². The number of hydrogen-bond acceptors (Lipinski definition) is 7. The molecule has 0 atom stereocenters. The van der Waals surface area contributed by atoms with Crippen molar-refractivity contribution >= 4 is 5.69 Å². The van der Waals surface area contributed by atoms with E-state index in [4.69, 9.17) is 10.3 Å². The molecule has 0 spiro atoms. The average molecular weight is 367 g/mol. The summed E-state index contributed by atoms with van der Waals surface area (Å²) in [6, 6.07) is 16.3. The molecular formula is C19H21N5O3. The number of nitrogens with two attached hydrogens (primary N) is 1. The van der Waals surface area contributed by atoms with Gasteiger partial charge in [-0.2, -0.15) is 4.98 Å². The summed E-state index contributed by atoms with van der Waals surface area (Å²) in [5.41, 5.74) is 7.68. The fourth-order valence-electron chi connectivity index (χ4n) is 2.74. The molecule has 0 aliphatic carbocycles. The third-order valence-corrected chi connectivity index (χ3v) is 4.17. The van der Waals surface area contributed by atoms with Crippen LogP contribution in [0.25, 0.3) is 11.4 Å². The molecule has 1 heterocycles. The summed E-state index contributed by atoms with van der Waals surface area (Å²) in [7, 11) is 0. The second kappa shape index (κ2) is 9.02. The molecule has 0 saturated heterocycles. The minimum absolute atomic E-state index is 0.0255. The molecule has 27 heavy (non-hydrogen) atoms. The maximum atomic E-state index is 10.7. The fourth-order valence-corrected chi connectivity index (χ4v) is 2.74. The lowest BCUT2D eigenvalue weighted by atomic mass is 10.1. The molecule has 0 amide bonds. The van der Waals surface area contributed by atoms with Crippen LogP contribution in [0.2, 0.25) is 0 Å². The van der Waals surface area contributed by atoms with Crippen molar-refractivity contribution in [3.05, 3.63) is 76.2 Å². The van der Waals surface area contributed by atoms with E-state index in [2.05, 4.69) is 27.2 Å². The van der Waals surface area contributed by atoms with E-state index in [-0.39, 0.29) is 5.69 Å². The Morgan fingerprint density at radius 2 is 1.81 bits per heavy atom. The van der Waals surface area contributed by atoms with Gasteiger partial charge < -0.3 is 10.3 Å². The van der Waals surface area contributed by atoms with Crippen molar-refractivity contribution in [2.45, 2.75) is 13.0 Å². The van der Waals surface area contributed by atoms with Gasteiger partial charge in [-0.25, -0.2) is 0 Å². The van der Waals surface area contributed by atoms with Crippen molar-refractivity contribution < 1.29 is 9.45 Å². The highest BCUT2D eigenvalue weighted by atomic mass is 16.6. The lowest BCUT2D eigenvalue weighted by molar-refractivity contribution is -0.384. The van der Waals surface area contributed by atoms with Crippen LogP contribution in [0.1, 0.15) is 11.5 Å². The largest absolute Gasteiger partial charge is 0.338 e. The normalized spacial score (nSPS) is 11.0. The summed E-state index contributed by atoms with van der Waals surface area (Å²) < 4.78 is 5.35. The zero-order valence-electron chi connectivity index (χ0n) is 14.8. The van der Waals surface area contributed by atoms with Crippen LogP contribution in [0.4, 0.5) is 5.69 Å². The molecule has 0 aliphatic rings. The van der Waals surface area contributed by atoms with E-state index >= 15 is 0 Å². The number of rotatable bonds is 9. The van der Waals surface area contributed by atoms with Gasteiger partial charge in [-0.15, -0.1) is 0 Å². The number of benzene rings is 2. The van der Waals surface area contributed by atoms with Crippen molar-refractivity contribution in [2.24, 2.45) is 5.73 Å². The molecule has 3 rings (SSSR count). The first-order valence-corrected chi connectivity index (χ1v) is 8.69. The minimum atomic E-state index is -0.442. The van der Waals surface area contributed by atoms with E-state index in [1.54, 1.807) is 12.1 Å². The average Bonchev–Trinajstić information content (AvgIpc) is 3.16. The number of nitro benzene ring substituents is 1. The van der Waals surface area contributed by atoms with Gasteiger partial charge in [0.05, 0.1) is 11.5 Å². The fraction of sp³-hybridized carbons (Fsp3) is 0.263. The summed E-state index contributed by atoms with van der Waals surface area (Å²) >= 11 is 0. The van der Waals surface area contributed by atoms with Gasteiger partial charge in [0.15, 0.2) is 0 Å². The molecule has 0 bridgehead atoms. The van der Waals surface area contributed by atoms with Crippen LogP contribution in [0.15, 0.2) is 59.1 Å². The Hall–Kier alpha value is -3.10. The monoisotopic (exact) mass is 367 g/mol. The Morgan fingerprint density at radius 3 is 2.48 bits per heavy atom. The summed E-state index contributed by atoms with van der Waals surface area (Å²) in [4.78, 5) is 16.9. The highest BCUT2D eigenvalue weighted by molar-refractivity contribution is 5.56. The van der Waals surface area contributed by atoms with Crippen molar-refractivity contribution in [2.75, 3.05) is 19.6 Å². The van der Waals surface area contributed by atoms with E-state index < -0.39 is 4.92 Å². The molecule has 1 aromatic heterocycles. The van der Waals surface area contributed by atoms with Crippen molar-refractivity contribution in [1.82, 2.24) is 15.0 Å². The first-order chi connectivity index (χ1) is 13.2. The Morgan fingerprint density at radius 1 is 1.07 bits per heavy atom. The van der Waals surface area contributed by atoms with Crippen LogP contribution < -0.4 is 5.73 Å². The number of hydrogen-bond donors (Lipinski definition) is 1. The third kappa shape index (κ3) is 5.19. The topological polar surface area (TPSA) is 111 Å². The van der Waals surface area contributed by atoms with Gasteiger partial charge in [-0.1, -0.05) is 35.5 Å². The molecule has 0 radical (unpaired) electrons. The van der Waals surface area contributed by atoms with Gasteiger partial charge >= 0.3 is 0 Å². The van der Waals surface area contributed by atoms with E-state index in [1.165, 1.54) is 17.7 Å². The summed E-state index contributed by atoms with van der Waals surface area (Å²) in [6.07, 6.45) is 0.907. The summed E-state index contributed by atoms with van der Waals surface area (Å²) in [5, 5.41) is 14.7. The second-order valence-electron chi connectivity index (χ2n) is 6.12.